The Kier molecular flexibility index (Phi) is 6.44. The fourth-order valence-corrected chi connectivity index (χ4v) is 3.21. The van der Waals surface area contributed by atoms with Crippen LogP contribution in [0.5, 0.6) is 0 Å². The van der Waals surface area contributed by atoms with Crippen LogP contribution < -0.4 is 0 Å². The van der Waals surface area contributed by atoms with E-state index in [9.17, 15) is 4.79 Å². The Labute approximate surface area is 149 Å². The number of para-hydroxylation sites is 1. The third-order valence-electron chi connectivity index (χ3n) is 4.52. The fourth-order valence-electron chi connectivity index (χ4n) is 2.85. The van der Waals surface area contributed by atoms with Gasteiger partial charge in [0.15, 0.2) is 0 Å². The summed E-state index contributed by atoms with van der Waals surface area (Å²) < 4.78 is 1.63. The van der Waals surface area contributed by atoms with Crippen LogP contribution in [0.15, 0.2) is 30.3 Å². The summed E-state index contributed by atoms with van der Waals surface area (Å²) in [5.41, 5.74) is 2.03. The molecule has 4 nitrogen and oxygen atoms in total. The van der Waals surface area contributed by atoms with Crippen LogP contribution >= 0.6 is 11.6 Å². The smallest absolute Gasteiger partial charge is 0.258 e. The molecule has 0 radical (unpaired) electrons. The first-order chi connectivity index (χ1) is 11.5. The first kappa shape index (κ1) is 18.5. The molecule has 0 N–H and O–H groups in total. The minimum atomic E-state index is -0.0333. The molecule has 0 fully saturated rings. The zero-order chi connectivity index (χ0) is 17.7. The van der Waals surface area contributed by atoms with Gasteiger partial charge in [0.2, 0.25) is 0 Å². The standard InChI is InChI=1S/C19H26ClN3O/c1-5-15(6-2)13-22(7-3)19(24)17-14(4)21-23(18(17)20)16-11-9-8-10-12-16/h8-12,15H,5-7,13H2,1-4H3. The monoisotopic (exact) mass is 347 g/mol. The Morgan fingerprint density at radius 1 is 1.21 bits per heavy atom. The molecule has 0 atom stereocenters. The van der Waals surface area contributed by atoms with Gasteiger partial charge in [0.25, 0.3) is 5.91 Å². The van der Waals surface area contributed by atoms with Crippen molar-refractivity contribution in [2.45, 2.75) is 40.5 Å². The minimum absolute atomic E-state index is 0.0333. The van der Waals surface area contributed by atoms with Crippen molar-refractivity contribution >= 4 is 17.5 Å². The maximum absolute atomic E-state index is 13.0. The van der Waals surface area contributed by atoms with E-state index in [4.69, 9.17) is 11.6 Å². The summed E-state index contributed by atoms with van der Waals surface area (Å²) in [7, 11) is 0. The highest BCUT2D eigenvalue weighted by atomic mass is 35.5. The summed E-state index contributed by atoms with van der Waals surface area (Å²) in [6.07, 6.45) is 2.13. The van der Waals surface area contributed by atoms with Crippen molar-refractivity contribution in [3.8, 4) is 5.69 Å². The predicted molar refractivity (Wildman–Crippen MR) is 99.0 cm³/mol. The topological polar surface area (TPSA) is 38.1 Å². The number of aromatic nitrogens is 2. The van der Waals surface area contributed by atoms with Crippen molar-refractivity contribution in [1.82, 2.24) is 14.7 Å². The van der Waals surface area contributed by atoms with E-state index in [1.165, 1.54) is 0 Å². The molecular weight excluding hydrogens is 322 g/mol. The van der Waals surface area contributed by atoms with Gasteiger partial charge in [-0.2, -0.15) is 5.10 Å². The highest BCUT2D eigenvalue weighted by molar-refractivity contribution is 6.33. The molecule has 2 aromatic rings. The number of hydrogen-bond donors (Lipinski definition) is 0. The maximum Gasteiger partial charge on any atom is 0.258 e. The van der Waals surface area contributed by atoms with Crippen LogP contribution in [-0.2, 0) is 0 Å². The summed E-state index contributed by atoms with van der Waals surface area (Å²) in [6, 6.07) is 9.64. The van der Waals surface area contributed by atoms with Gasteiger partial charge < -0.3 is 4.90 Å². The van der Waals surface area contributed by atoms with Crippen molar-refractivity contribution in [2.24, 2.45) is 5.92 Å². The highest BCUT2D eigenvalue weighted by Gasteiger charge is 2.25. The van der Waals surface area contributed by atoms with Crippen LogP contribution in [0.4, 0.5) is 0 Å². The number of carbonyl (C=O) groups is 1. The molecule has 1 amide bonds. The molecule has 2 rings (SSSR count). The van der Waals surface area contributed by atoms with Crippen LogP contribution in [0.3, 0.4) is 0 Å². The van der Waals surface area contributed by atoms with Gasteiger partial charge in [-0.05, 0) is 31.9 Å². The molecular formula is C19H26ClN3O. The Bertz CT molecular complexity index is 677. The molecule has 0 aliphatic heterocycles. The number of aryl methyl sites for hydroxylation is 1. The fraction of sp³-hybridized carbons (Fsp3) is 0.474. The Morgan fingerprint density at radius 2 is 1.83 bits per heavy atom. The van der Waals surface area contributed by atoms with Crippen molar-refractivity contribution in [3.05, 3.63) is 46.7 Å². The van der Waals surface area contributed by atoms with E-state index in [2.05, 4.69) is 18.9 Å². The van der Waals surface area contributed by atoms with E-state index >= 15 is 0 Å². The second-order valence-corrected chi connectivity index (χ2v) is 6.38. The third-order valence-corrected chi connectivity index (χ3v) is 4.87. The van der Waals surface area contributed by atoms with Crippen molar-refractivity contribution in [1.29, 1.82) is 0 Å². The van der Waals surface area contributed by atoms with E-state index in [-0.39, 0.29) is 5.91 Å². The number of carbonyl (C=O) groups excluding carboxylic acids is 1. The lowest BCUT2D eigenvalue weighted by Gasteiger charge is -2.25. The first-order valence-corrected chi connectivity index (χ1v) is 9.00. The van der Waals surface area contributed by atoms with Crippen LogP contribution in [-0.4, -0.2) is 33.7 Å². The molecule has 0 bridgehead atoms. The molecule has 1 aromatic carbocycles. The van der Waals surface area contributed by atoms with Crippen molar-refractivity contribution in [2.75, 3.05) is 13.1 Å². The van der Waals surface area contributed by atoms with Crippen LogP contribution in [0.25, 0.3) is 5.69 Å². The van der Waals surface area contributed by atoms with Gasteiger partial charge in [0.05, 0.1) is 16.9 Å². The van der Waals surface area contributed by atoms with E-state index in [1.54, 1.807) is 4.68 Å². The Morgan fingerprint density at radius 3 is 2.38 bits per heavy atom. The van der Waals surface area contributed by atoms with Crippen molar-refractivity contribution in [3.63, 3.8) is 0 Å². The van der Waals surface area contributed by atoms with Crippen LogP contribution in [0.2, 0.25) is 5.15 Å². The Balaban J connectivity index is 2.34. The predicted octanol–water partition coefficient (Wildman–Crippen LogP) is 4.73. The highest BCUT2D eigenvalue weighted by Crippen LogP contribution is 2.25. The van der Waals surface area contributed by atoms with E-state index in [0.717, 1.165) is 25.1 Å². The summed E-state index contributed by atoms with van der Waals surface area (Å²) in [5.74, 6) is 0.478. The lowest BCUT2D eigenvalue weighted by atomic mass is 10.0. The summed E-state index contributed by atoms with van der Waals surface area (Å²) in [5, 5.41) is 4.86. The zero-order valence-corrected chi connectivity index (χ0v) is 15.7. The molecule has 130 valence electrons. The van der Waals surface area contributed by atoms with Crippen molar-refractivity contribution < 1.29 is 4.79 Å². The van der Waals surface area contributed by atoms with Gasteiger partial charge in [-0.25, -0.2) is 4.68 Å². The van der Waals surface area contributed by atoms with Crippen LogP contribution in [0, 0.1) is 12.8 Å². The second kappa shape index (κ2) is 8.34. The number of halogens is 1. The molecule has 1 aromatic heterocycles. The number of hydrogen-bond acceptors (Lipinski definition) is 2. The van der Waals surface area contributed by atoms with Gasteiger partial charge in [-0.15, -0.1) is 0 Å². The normalized spacial score (nSPS) is 11.1. The van der Waals surface area contributed by atoms with Gasteiger partial charge in [-0.1, -0.05) is 56.5 Å². The second-order valence-electron chi connectivity index (χ2n) is 6.02. The van der Waals surface area contributed by atoms with E-state index < -0.39 is 0 Å². The number of amides is 1. The molecule has 0 saturated heterocycles. The van der Waals surface area contributed by atoms with E-state index in [0.29, 0.717) is 28.9 Å². The largest absolute Gasteiger partial charge is 0.338 e. The molecule has 0 spiro atoms. The SMILES string of the molecule is CCC(CC)CN(CC)C(=O)c1c(C)nn(-c2ccccc2)c1Cl. The summed E-state index contributed by atoms with van der Waals surface area (Å²) in [4.78, 5) is 14.9. The first-order valence-electron chi connectivity index (χ1n) is 8.63. The number of nitrogens with zero attached hydrogens (tertiary/aromatic N) is 3. The number of rotatable bonds is 7. The molecule has 1 heterocycles. The molecule has 0 aliphatic rings. The molecule has 5 heteroatoms. The molecule has 24 heavy (non-hydrogen) atoms. The third kappa shape index (κ3) is 3.81. The lowest BCUT2D eigenvalue weighted by molar-refractivity contribution is 0.0734. The van der Waals surface area contributed by atoms with Crippen LogP contribution in [0.1, 0.15) is 49.7 Å². The average Bonchev–Trinajstić information content (AvgIpc) is 2.91. The average molecular weight is 348 g/mol. The number of benzene rings is 1. The van der Waals surface area contributed by atoms with Gasteiger partial charge in [0, 0.05) is 13.1 Å². The molecule has 0 saturated carbocycles. The van der Waals surface area contributed by atoms with E-state index in [1.807, 2.05) is 49.1 Å². The van der Waals surface area contributed by atoms with Gasteiger partial charge >= 0.3 is 0 Å². The minimum Gasteiger partial charge on any atom is -0.338 e. The molecule has 0 unspecified atom stereocenters. The van der Waals surface area contributed by atoms with Gasteiger partial charge in [-0.3, -0.25) is 4.79 Å². The zero-order valence-electron chi connectivity index (χ0n) is 14.9. The quantitative estimate of drug-likeness (QED) is 0.726. The Hall–Kier alpha value is -1.81. The molecule has 0 aliphatic carbocycles. The maximum atomic E-state index is 13.0. The summed E-state index contributed by atoms with van der Waals surface area (Å²) in [6.45, 7) is 9.60. The lowest BCUT2D eigenvalue weighted by Crippen LogP contribution is -2.35. The summed E-state index contributed by atoms with van der Waals surface area (Å²) >= 11 is 6.52. The van der Waals surface area contributed by atoms with Gasteiger partial charge in [0.1, 0.15) is 5.15 Å².